The molecule has 2 atom stereocenters. The van der Waals surface area contributed by atoms with Crippen molar-refractivity contribution in [1.82, 2.24) is 5.16 Å². The van der Waals surface area contributed by atoms with E-state index in [1.54, 1.807) is 19.9 Å². The lowest BCUT2D eigenvalue weighted by Gasteiger charge is -2.07. The van der Waals surface area contributed by atoms with E-state index < -0.39 is 18.0 Å². The van der Waals surface area contributed by atoms with Crippen LogP contribution in [-0.2, 0) is 23.9 Å². The largest absolute Gasteiger partial charge is 0.460 e. The minimum atomic E-state index is -0.838. The minimum absolute atomic E-state index is 0.0244. The molecule has 22 heavy (non-hydrogen) atoms. The Morgan fingerprint density at radius 1 is 1.50 bits per heavy atom. The molecule has 1 fully saturated rings. The lowest BCUT2D eigenvalue weighted by Crippen LogP contribution is -2.24. The molecule has 0 spiro atoms. The van der Waals surface area contributed by atoms with Crippen molar-refractivity contribution in [2.24, 2.45) is 0 Å². The molecule has 0 radical (unpaired) electrons. The zero-order valence-electron chi connectivity index (χ0n) is 12.2. The second-order valence-corrected chi connectivity index (χ2v) is 5.81. The number of aryl methyl sites for hydroxylation is 1. The molecule has 0 saturated carbocycles. The third-order valence-corrected chi connectivity index (χ3v) is 3.65. The van der Waals surface area contributed by atoms with Crippen LogP contribution in [0.25, 0.3) is 0 Å². The lowest BCUT2D eigenvalue weighted by molar-refractivity contribution is -0.159. The van der Waals surface area contributed by atoms with Crippen LogP contribution in [0.2, 0.25) is 0 Å². The van der Waals surface area contributed by atoms with Crippen molar-refractivity contribution in [3.8, 4) is 0 Å². The number of rotatable bonds is 6. The summed E-state index contributed by atoms with van der Waals surface area (Å²) in [6.07, 6.45) is -0.717. The number of amides is 1. The maximum absolute atomic E-state index is 11.6. The monoisotopic (exact) mass is 328 g/mol. The van der Waals surface area contributed by atoms with E-state index in [-0.39, 0.29) is 23.5 Å². The van der Waals surface area contributed by atoms with E-state index in [2.05, 4.69) is 10.5 Å². The van der Waals surface area contributed by atoms with Crippen LogP contribution >= 0.6 is 11.8 Å². The zero-order chi connectivity index (χ0) is 16.1. The van der Waals surface area contributed by atoms with Gasteiger partial charge >= 0.3 is 11.9 Å². The Kier molecular flexibility index (Phi) is 5.42. The van der Waals surface area contributed by atoms with Crippen LogP contribution in [0.15, 0.2) is 10.6 Å². The Morgan fingerprint density at radius 3 is 2.86 bits per heavy atom. The van der Waals surface area contributed by atoms with E-state index in [9.17, 15) is 14.4 Å². The molecule has 2 heterocycles. The Balaban J connectivity index is 1.64. The van der Waals surface area contributed by atoms with Gasteiger partial charge in [0, 0.05) is 12.5 Å². The van der Waals surface area contributed by atoms with E-state index in [0.29, 0.717) is 18.0 Å². The molecule has 1 N–H and O–H groups in total. The van der Waals surface area contributed by atoms with Gasteiger partial charge in [0.2, 0.25) is 12.0 Å². The lowest BCUT2D eigenvalue weighted by atomic mass is 10.2. The Bertz CT molecular complexity index is 573. The summed E-state index contributed by atoms with van der Waals surface area (Å²) in [7, 11) is 0. The van der Waals surface area contributed by atoms with Crippen LogP contribution in [0.4, 0.5) is 5.82 Å². The molecule has 9 heteroatoms. The summed E-state index contributed by atoms with van der Waals surface area (Å²) in [5.41, 5.74) is 0. The first-order valence-corrected chi connectivity index (χ1v) is 7.80. The molecule has 1 aliphatic rings. The molecule has 0 aliphatic carbocycles. The van der Waals surface area contributed by atoms with E-state index >= 15 is 0 Å². The van der Waals surface area contributed by atoms with Crippen molar-refractivity contribution in [2.45, 2.75) is 32.5 Å². The summed E-state index contributed by atoms with van der Waals surface area (Å²) in [4.78, 5) is 34.5. The topological polar surface area (TPSA) is 108 Å². The number of nitrogens with one attached hydrogen (secondary N) is 1. The average molecular weight is 328 g/mol. The number of cyclic esters (lactones) is 1. The summed E-state index contributed by atoms with van der Waals surface area (Å²) >= 11 is 1.08. The standard InChI is InChI=1S/C13H16N2O6S/c1-7-3-9(13(18)19-7)20-12(17)6-22-5-11(16)14-10-4-8(2)21-15-10/h4,7,9H,3,5-6H2,1-2H3,(H,14,15,16)/t7-,9-/m0/s1. The minimum Gasteiger partial charge on any atom is -0.460 e. The third kappa shape index (κ3) is 4.76. The van der Waals surface area contributed by atoms with Crippen LogP contribution in [0, 0.1) is 6.92 Å². The highest BCUT2D eigenvalue weighted by atomic mass is 32.2. The van der Waals surface area contributed by atoms with Crippen molar-refractivity contribution in [3.63, 3.8) is 0 Å². The molecule has 0 aromatic carbocycles. The number of hydrogen-bond acceptors (Lipinski definition) is 8. The van der Waals surface area contributed by atoms with Crippen molar-refractivity contribution in [1.29, 1.82) is 0 Å². The Labute approximate surface area is 130 Å². The SMILES string of the molecule is Cc1cc(NC(=O)CSCC(=O)O[C@H]2C[C@H](C)OC2=O)no1. The number of nitrogens with zero attached hydrogens (tertiary/aromatic N) is 1. The summed E-state index contributed by atoms with van der Waals surface area (Å²) in [6, 6.07) is 1.59. The van der Waals surface area contributed by atoms with E-state index in [1.165, 1.54) is 0 Å². The van der Waals surface area contributed by atoms with Crippen LogP contribution in [0.5, 0.6) is 0 Å². The van der Waals surface area contributed by atoms with Gasteiger partial charge in [-0.1, -0.05) is 5.16 Å². The second kappa shape index (κ2) is 7.30. The number of ether oxygens (including phenoxy) is 2. The highest BCUT2D eigenvalue weighted by molar-refractivity contribution is 8.00. The van der Waals surface area contributed by atoms with Gasteiger partial charge in [-0.05, 0) is 13.8 Å². The molecule has 0 unspecified atom stereocenters. The van der Waals surface area contributed by atoms with Gasteiger partial charge in [-0.15, -0.1) is 11.8 Å². The summed E-state index contributed by atoms with van der Waals surface area (Å²) in [5, 5.41) is 6.16. The van der Waals surface area contributed by atoms with Gasteiger partial charge in [-0.3, -0.25) is 9.59 Å². The van der Waals surface area contributed by atoms with E-state index in [0.717, 1.165) is 11.8 Å². The number of carbonyl (C=O) groups is 3. The fourth-order valence-electron chi connectivity index (χ4n) is 1.84. The average Bonchev–Trinajstić information content (AvgIpc) is 2.95. The number of thioether (sulfide) groups is 1. The van der Waals surface area contributed by atoms with Crippen molar-refractivity contribution >= 4 is 35.4 Å². The predicted molar refractivity (Wildman–Crippen MR) is 77.2 cm³/mol. The maximum Gasteiger partial charge on any atom is 0.347 e. The number of hydrogen-bond donors (Lipinski definition) is 1. The van der Waals surface area contributed by atoms with E-state index in [1.807, 2.05) is 0 Å². The smallest absolute Gasteiger partial charge is 0.347 e. The number of aromatic nitrogens is 1. The number of carbonyl (C=O) groups excluding carboxylic acids is 3. The highest BCUT2D eigenvalue weighted by Gasteiger charge is 2.34. The van der Waals surface area contributed by atoms with Gasteiger partial charge in [-0.2, -0.15) is 0 Å². The molecule has 1 aromatic rings. The van der Waals surface area contributed by atoms with E-state index in [4.69, 9.17) is 14.0 Å². The third-order valence-electron chi connectivity index (χ3n) is 2.75. The van der Waals surface area contributed by atoms with Crippen LogP contribution in [0.1, 0.15) is 19.1 Å². The van der Waals surface area contributed by atoms with Gasteiger partial charge < -0.3 is 19.3 Å². The summed E-state index contributed by atoms with van der Waals surface area (Å²) < 4.78 is 14.7. The molecule has 1 aromatic heterocycles. The molecule has 1 amide bonds. The summed E-state index contributed by atoms with van der Waals surface area (Å²) in [5.74, 6) is -0.427. The molecule has 1 saturated heterocycles. The second-order valence-electron chi connectivity index (χ2n) is 4.83. The number of esters is 2. The molecule has 120 valence electrons. The molecule has 1 aliphatic heterocycles. The first-order valence-electron chi connectivity index (χ1n) is 6.65. The number of anilines is 1. The van der Waals surface area contributed by atoms with Gasteiger partial charge in [0.15, 0.2) is 5.82 Å². The Hall–Kier alpha value is -2.03. The highest BCUT2D eigenvalue weighted by Crippen LogP contribution is 2.18. The quantitative estimate of drug-likeness (QED) is 0.768. The molecule has 2 rings (SSSR count). The first kappa shape index (κ1) is 16.3. The zero-order valence-corrected chi connectivity index (χ0v) is 13.0. The maximum atomic E-state index is 11.6. The van der Waals surface area contributed by atoms with Crippen molar-refractivity contribution in [3.05, 3.63) is 11.8 Å². The summed E-state index contributed by atoms with van der Waals surface area (Å²) in [6.45, 7) is 3.44. The molecular weight excluding hydrogens is 312 g/mol. The van der Waals surface area contributed by atoms with Crippen molar-refractivity contribution in [2.75, 3.05) is 16.8 Å². The van der Waals surface area contributed by atoms with Gasteiger partial charge in [0.05, 0.1) is 11.5 Å². The normalized spacial score (nSPS) is 20.5. The van der Waals surface area contributed by atoms with Gasteiger partial charge in [0.1, 0.15) is 11.9 Å². The fraction of sp³-hybridized carbons (Fsp3) is 0.538. The fourth-order valence-corrected chi connectivity index (χ4v) is 2.43. The molecule has 0 bridgehead atoms. The first-order chi connectivity index (χ1) is 10.4. The predicted octanol–water partition coefficient (Wildman–Crippen LogP) is 0.902. The van der Waals surface area contributed by atoms with Gasteiger partial charge in [0.25, 0.3) is 0 Å². The van der Waals surface area contributed by atoms with Crippen molar-refractivity contribution < 1.29 is 28.4 Å². The van der Waals surface area contributed by atoms with Gasteiger partial charge in [-0.25, -0.2) is 4.79 Å². The molecule has 8 nitrogen and oxygen atoms in total. The van der Waals surface area contributed by atoms with Crippen LogP contribution in [-0.4, -0.2) is 46.7 Å². The molecular formula is C13H16N2O6S. The van der Waals surface area contributed by atoms with Crippen LogP contribution in [0.3, 0.4) is 0 Å². The van der Waals surface area contributed by atoms with Crippen LogP contribution < -0.4 is 5.32 Å². The Morgan fingerprint density at radius 2 is 2.27 bits per heavy atom.